The molecule has 0 bridgehead atoms. The van der Waals surface area contributed by atoms with Gasteiger partial charge in [-0.1, -0.05) is 38.4 Å². The van der Waals surface area contributed by atoms with E-state index in [1.807, 2.05) is 41.5 Å². The van der Waals surface area contributed by atoms with Crippen LogP contribution in [0.2, 0.25) is 5.02 Å². The molecule has 37 heavy (non-hydrogen) atoms. The van der Waals surface area contributed by atoms with E-state index in [1.165, 1.54) is 25.3 Å². The SMILES string of the molecule is CN(C(=O)C1C=CC(OC(C)(C)C)=CC1=C=O)N(CC(C)(C)C)C(=O)c1ccc(Cl)c(OC(F)(F)F)c1. The summed E-state index contributed by atoms with van der Waals surface area (Å²) in [4.78, 5) is 38.6. The molecule has 0 fully saturated rings. The van der Waals surface area contributed by atoms with Gasteiger partial charge in [0.15, 0.2) is 0 Å². The third kappa shape index (κ3) is 8.68. The first kappa shape index (κ1) is 30.0. The molecule has 1 atom stereocenters. The number of alkyl halides is 3. The third-order valence-electron chi connectivity index (χ3n) is 4.84. The van der Waals surface area contributed by atoms with Gasteiger partial charge in [0, 0.05) is 19.2 Å². The number of rotatable bonds is 5. The Labute approximate surface area is 219 Å². The van der Waals surface area contributed by atoms with Crippen molar-refractivity contribution >= 4 is 29.4 Å². The zero-order chi connectivity index (χ0) is 28.3. The summed E-state index contributed by atoms with van der Waals surface area (Å²) in [7, 11) is 1.34. The van der Waals surface area contributed by atoms with Crippen LogP contribution in [0, 0.1) is 11.3 Å². The monoisotopic (exact) mass is 542 g/mol. The van der Waals surface area contributed by atoms with Gasteiger partial charge in [-0.25, -0.2) is 9.80 Å². The fraction of sp³-hybridized carbons (Fsp3) is 0.462. The molecule has 0 aliphatic heterocycles. The average molecular weight is 543 g/mol. The van der Waals surface area contributed by atoms with E-state index in [-0.39, 0.29) is 22.7 Å². The lowest BCUT2D eigenvalue weighted by atomic mass is 9.93. The van der Waals surface area contributed by atoms with E-state index in [2.05, 4.69) is 4.74 Å². The maximum atomic E-state index is 13.5. The minimum Gasteiger partial charge on any atom is -0.488 e. The van der Waals surface area contributed by atoms with E-state index < -0.39 is 40.9 Å². The summed E-state index contributed by atoms with van der Waals surface area (Å²) < 4.78 is 48.0. The van der Waals surface area contributed by atoms with Gasteiger partial charge < -0.3 is 9.47 Å². The fourth-order valence-corrected chi connectivity index (χ4v) is 3.54. The first-order chi connectivity index (χ1) is 16.8. The molecule has 2 rings (SSSR count). The second kappa shape index (κ2) is 11.0. The number of ether oxygens (including phenoxy) is 2. The lowest BCUT2D eigenvalue weighted by molar-refractivity contribution is -0.274. The van der Waals surface area contributed by atoms with Crippen molar-refractivity contribution in [2.45, 2.75) is 53.5 Å². The van der Waals surface area contributed by atoms with Crippen LogP contribution in [0.1, 0.15) is 51.9 Å². The number of carbonyl (C=O) groups is 2. The largest absolute Gasteiger partial charge is 0.573 e. The smallest absolute Gasteiger partial charge is 0.488 e. The molecule has 1 aromatic rings. The summed E-state index contributed by atoms with van der Waals surface area (Å²) in [5, 5.41) is 1.81. The van der Waals surface area contributed by atoms with Crippen molar-refractivity contribution in [1.29, 1.82) is 0 Å². The molecule has 0 radical (unpaired) electrons. The van der Waals surface area contributed by atoms with Crippen molar-refractivity contribution in [2.75, 3.05) is 13.6 Å². The minimum absolute atomic E-state index is 0.00844. The first-order valence-corrected chi connectivity index (χ1v) is 11.7. The Kier molecular flexibility index (Phi) is 8.94. The lowest BCUT2D eigenvalue weighted by Crippen LogP contribution is -2.52. The molecule has 2 amide bonds. The topological polar surface area (TPSA) is 76.2 Å². The van der Waals surface area contributed by atoms with Crippen LogP contribution in [0.5, 0.6) is 5.75 Å². The molecule has 1 unspecified atom stereocenters. The van der Waals surface area contributed by atoms with Gasteiger partial charge in [-0.2, -0.15) is 0 Å². The maximum absolute atomic E-state index is 13.5. The predicted molar refractivity (Wildman–Crippen MR) is 132 cm³/mol. The highest BCUT2D eigenvalue weighted by Crippen LogP contribution is 2.32. The molecular formula is C26H30ClF3N2O5. The fourth-order valence-electron chi connectivity index (χ4n) is 3.38. The number of carbonyl (C=O) groups excluding carboxylic acids is 3. The van der Waals surface area contributed by atoms with Crippen molar-refractivity contribution in [3.8, 4) is 5.75 Å². The van der Waals surface area contributed by atoms with E-state index in [0.29, 0.717) is 5.76 Å². The Morgan fingerprint density at radius 3 is 2.22 bits per heavy atom. The number of benzene rings is 1. The molecule has 0 saturated heterocycles. The summed E-state index contributed by atoms with van der Waals surface area (Å²) in [5.41, 5.74) is -1.23. The van der Waals surface area contributed by atoms with E-state index in [0.717, 1.165) is 22.2 Å². The third-order valence-corrected chi connectivity index (χ3v) is 5.15. The highest BCUT2D eigenvalue weighted by molar-refractivity contribution is 6.32. The molecule has 202 valence electrons. The van der Waals surface area contributed by atoms with E-state index in [4.69, 9.17) is 16.3 Å². The predicted octanol–water partition coefficient (Wildman–Crippen LogP) is 5.74. The second-order valence-corrected chi connectivity index (χ2v) is 11.0. The number of hydrogen-bond acceptors (Lipinski definition) is 5. The van der Waals surface area contributed by atoms with E-state index >= 15 is 0 Å². The number of hydrazine groups is 1. The van der Waals surface area contributed by atoms with Gasteiger partial charge >= 0.3 is 6.36 Å². The quantitative estimate of drug-likeness (QED) is 0.350. The second-order valence-electron chi connectivity index (χ2n) is 10.6. The van der Waals surface area contributed by atoms with Crippen LogP contribution in [0.25, 0.3) is 0 Å². The molecule has 1 aromatic carbocycles. The van der Waals surface area contributed by atoms with E-state index in [1.54, 1.807) is 12.0 Å². The highest BCUT2D eigenvalue weighted by atomic mass is 35.5. The van der Waals surface area contributed by atoms with Crippen LogP contribution >= 0.6 is 11.6 Å². The van der Waals surface area contributed by atoms with Crippen LogP contribution in [-0.2, 0) is 14.3 Å². The number of allylic oxidation sites excluding steroid dienone is 2. The van der Waals surface area contributed by atoms with Gasteiger partial charge in [-0.3, -0.25) is 14.6 Å². The van der Waals surface area contributed by atoms with Crippen molar-refractivity contribution in [3.05, 3.63) is 58.3 Å². The number of amides is 2. The van der Waals surface area contributed by atoms with Crippen molar-refractivity contribution in [3.63, 3.8) is 0 Å². The molecular weight excluding hydrogens is 513 g/mol. The lowest BCUT2D eigenvalue weighted by Gasteiger charge is -2.38. The van der Waals surface area contributed by atoms with Crippen LogP contribution < -0.4 is 4.74 Å². The van der Waals surface area contributed by atoms with Crippen molar-refractivity contribution < 1.29 is 37.0 Å². The number of hydrogen-bond donors (Lipinski definition) is 0. The van der Waals surface area contributed by atoms with Gasteiger partial charge in [0.1, 0.15) is 23.1 Å². The summed E-state index contributed by atoms with van der Waals surface area (Å²) in [6.07, 6.45) is -0.586. The highest BCUT2D eigenvalue weighted by Gasteiger charge is 2.35. The van der Waals surface area contributed by atoms with Gasteiger partial charge in [0.05, 0.1) is 16.5 Å². The zero-order valence-corrected chi connectivity index (χ0v) is 22.5. The molecule has 11 heteroatoms. The molecule has 1 aliphatic rings. The van der Waals surface area contributed by atoms with Gasteiger partial charge in [-0.05, 0) is 56.5 Å². The molecule has 0 saturated carbocycles. The normalized spacial score (nSPS) is 16.0. The summed E-state index contributed by atoms with van der Waals surface area (Å²) in [6.45, 7) is 11.0. The first-order valence-electron chi connectivity index (χ1n) is 11.3. The van der Waals surface area contributed by atoms with Crippen LogP contribution in [0.15, 0.2) is 47.8 Å². The zero-order valence-electron chi connectivity index (χ0n) is 21.7. The number of halogens is 4. The molecule has 7 nitrogen and oxygen atoms in total. The Morgan fingerprint density at radius 1 is 1.08 bits per heavy atom. The van der Waals surface area contributed by atoms with Gasteiger partial charge in [0.2, 0.25) is 0 Å². The molecule has 0 heterocycles. The average Bonchev–Trinajstić information content (AvgIpc) is 2.74. The molecule has 0 spiro atoms. The Morgan fingerprint density at radius 2 is 1.70 bits per heavy atom. The van der Waals surface area contributed by atoms with Crippen LogP contribution in [-0.4, -0.2) is 53.3 Å². The summed E-state index contributed by atoms with van der Waals surface area (Å²) in [6, 6.07) is 3.20. The standard InChI is InChI=1S/C26H30ClF3N2O5/c1-24(2,3)15-32(22(34)16-8-11-20(27)21(13-16)37-26(28,29)30)31(7)23(35)19-10-9-18(12-17(19)14-33)36-25(4,5)6/h8-13,19H,15H2,1-7H3. The minimum atomic E-state index is -5.02. The summed E-state index contributed by atoms with van der Waals surface area (Å²) >= 11 is 5.81. The molecule has 1 aliphatic carbocycles. The Balaban J connectivity index is 2.40. The Bertz CT molecular complexity index is 1160. The van der Waals surface area contributed by atoms with Crippen molar-refractivity contribution in [2.24, 2.45) is 11.3 Å². The van der Waals surface area contributed by atoms with Crippen LogP contribution in [0.3, 0.4) is 0 Å². The van der Waals surface area contributed by atoms with Gasteiger partial charge in [-0.15, -0.1) is 13.2 Å². The van der Waals surface area contributed by atoms with Crippen LogP contribution in [0.4, 0.5) is 13.2 Å². The molecule has 0 N–H and O–H groups in total. The Hall–Kier alpha value is -3.23. The van der Waals surface area contributed by atoms with Crippen molar-refractivity contribution in [1.82, 2.24) is 10.0 Å². The molecule has 0 aromatic heterocycles. The maximum Gasteiger partial charge on any atom is 0.573 e. The van der Waals surface area contributed by atoms with Gasteiger partial charge in [0.25, 0.3) is 11.8 Å². The number of nitrogens with zero attached hydrogens (tertiary/aromatic N) is 2. The van der Waals surface area contributed by atoms with E-state index in [9.17, 15) is 27.6 Å². The summed E-state index contributed by atoms with van der Waals surface area (Å²) in [5.74, 6) is -1.06.